The number of rotatable bonds is 3. The van der Waals surface area contributed by atoms with Gasteiger partial charge in [0, 0.05) is 30.1 Å². The molecule has 20 heavy (non-hydrogen) atoms. The lowest BCUT2D eigenvalue weighted by atomic mass is 10.1. The lowest BCUT2D eigenvalue weighted by Crippen LogP contribution is -2.26. The largest absolute Gasteiger partial charge is 0.508 e. The van der Waals surface area contributed by atoms with Crippen LogP contribution in [0.4, 0.5) is 11.4 Å². The van der Waals surface area contributed by atoms with E-state index in [4.69, 9.17) is 10.5 Å². The van der Waals surface area contributed by atoms with Gasteiger partial charge in [-0.3, -0.25) is 4.79 Å². The van der Waals surface area contributed by atoms with Crippen LogP contribution in [0.5, 0.6) is 11.5 Å². The molecule has 0 aliphatic rings. The summed E-state index contributed by atoms with van der Waals surface area (Å²) in [7, 11) is 3.18. The van der Waals surface area contributed by atoms with E-state index in [0.717, 1.165) is 0 Å². The Labute approximate surface area is 117 Å². The van der Waals surface area contributed by atoms with E-state index in [1.165, 1.54) is 24.1 Å². The highest BCUT2D eigenvalue weighted by Gasteiger charge is 2.15. The third-order valence-electron chi connectivity index (χ3n) is 2.95. The number of phenolic OH excluding ortho intramolecular Hbond substituents is 1. The van der Waals surface area contributed by atoms with Crippen molar-refractivity contribution in [3.63, 3.8) is 0 Å². The number of carbonyl (C=O) groups excluding carboxylic acids is 1. The number of carbonyl (C=O) groups is 1. The van der Waals surface area contributed by atoms with E-state index < -0.39 is 0 Å². The van der Waals surface area contributed by atoms with Gasteiger partial charge in [-0.05, 0) is 36.4 Å². The number of aromatic hydroxyl groups is 1. The second kappa shape index (κ2) is 5.52. The maximum atomic E-state index is 12.4. The predicted molar refractivity (Wildman–Crippen MR) is 78.2 cm³/mol. The highest BCUT2D eigenvalue weighted by Crippen LogP contribution is 2.23. The Balaban J connectivity index is 2.30. The Morgan fingerprint density at radius 3 is 2.45 bits per heavy atom. The smallest absolute Gasteiger partial charge is 0.258 e. The second-order valence-corrected chi connectivity index (χ2v) is 4.38. The molecule has 2 rings (SSSR count). The Kier molecular flexibility index (Phi) is 3.79. The van der Waals surface area contributed by atoms with Gasteiger partial charge in [0.05, 0.1) is 7.11 Å². The zero-order chi connectivity index (χ0) is 14.7. The molecule has 0 heterocycles. The summed E-state index contributed by atoms with van der Waals surface area (Å²) in [6.07, 6.45) is 0. The fraction of sp³-hybridized carbons (Fsp3) is 0.133. The summed E-state index contributed by atoms with van der Waals surface area (Å²) in [6, 6.07) is 11.3. The van der Waals surface area contributed by atoms with Gasteiger partial charge in [-0.15, -0.1) is 0 Å². The zero-order valence-corrected chi connectivity index (χ0v) is 11.3. The molecule has 0 radical (unpaired) electrons. The first-order valence-electron chi connectivity index (χ1n) is 6.03. The van der Waals surface area contributed by atoms with Crippen molar-refractivity contribution >= 4 is 17.3 Å². The van der Waals surface area contributed by atoms with Gasteiger partial charge in [-0.2, -0.15) is 0 Å². The fourth-order valence-electron chi connectivity index (χ4n) is 1.85. The van der Waals surface area contributed by atoms with E-state index in [9.17, 15) is 9.90 Å². The molecule has 0 bridgehead atoms. The summed E-state index contributed by atoms with van der Waals surface area (Å²) in [4.78, 5) is 13.9. The molecule has 104 valence electrons. The molecule has 1 amide bonds. The Bertz CT molecular complexity index is 624. The van der Waals surface area contributed by atoms with Gasteiger partial charge in [0.2, 0.25) is 0 Å². The molecule has 0 spiro atoms. The van der Waals surface area contributed by atoms with E-state index in [1.54, 1.807) is 37.4 Å². The third-order valence-corrected chi connectivity index (χ3v) is 2.95. The zero-order valence-electron chi connectivity index (χ0n) is 11.3. The first-order chi connectivity index (χ1) is 9.51. The SMILES string of the molecule is COc1cc(N)cc(C(=O)N(C)c2ccc(O)cc2)c1. The van der Waals surface area contributed by atoms with Crippen LogP contribution in [0.1, 0.15) is 10.4 Å². The highest BCUT2D eigenvalue weighted by atomic mass is 16.5. The summed E-state index contributed by atoms with van der Waals surface area (Å²) in [5.41, 5.74) is 7.33. The molecule has 2 aromatic carbocycles. The molecular formula is C15H16N2O3. The van der Waals surface area contributed by atoms with Gasteiger partial charge in [-0.1, -0.05) is 0 Å². The van der Waals surface area contributed by atoms with Crippen LogP contribution in [0, 0.1) is 0 Å². The van der Waals surface area contributed by atoms with Gasteiger partial charge in [0.25, 0.3) is 5.91 Å². The number of amides is 1. The number of anilines is 2. The summed E-state index contributed by atoms with van der Waals surface area (Å²) in [5.74, 6) is 0.481. The molecule has 5 nitrogen and oxygen atoms in total. The number of hydrogen-bond acceptors (Lipinski definition) is 4. The third kappa shape index (κ3) is 2.83. The normalized spacial score (nSPS) is 10.1. The van der Waals surface area contributed by atoms with E-state index in [-0.39, 0.29) is 11.7 Å². The van der Waals surface area contributed by atoms with E-state index in [2.05, 4.69) is 0 Å². The average molecular weight is 272 g/mol. The molecule has 0 aliphatic carbocycles. The fourth-order valence-corrected chi connectivity index (χ4v) is 1.85. The standard InChI is InChI=1S/C15H16N2O3/c1-17(12-3-5-13(18)6-4-12)15(19)10-7-11(16)9-14(8-10)20-2/h3-9,18H,16H2,1-2H3. The number of nitrogens with zero attached hydrogens (tertiary/aromatic N) is 1. The van der Waals surface area contributed by atoms with Crippen molar-refractivity contribution in [3.05, 3.63) is 48.0 Å². The topological polar surface area (TPSA) is 75.8 Å². The lowest BCUT2D eigenvalue weighted by molar-refractivity contribution is 0.0992. The van der Waals surface area contributed by atoms with Crippen molar-refractivity contribution in [2.75, 3.05) is 24.8 Å². The van der Waals surface area contributed by atoms with E-state index in [1.807, 2.05) is 0 Å². The van der Waals surface area contributed by atoms with Crippen molar-refractivity contribution in [2.24, 2.45) is 0 Å². The van der Waals surface area contributed by atoms with Crippen LogP contribution >= 0.6 is 0 Å². The summed E-state index contributed by atoms with van der Waals surface area (Å²) in [5, 5.41) is 9.26. The van der Waals surface area contributed by atoms with Crippen molar-refractivity contribution < 1.29 is 14.6 Å². The van der Waals surface area contributed by atoms with Crippen molar-refractivity contribution in [1.82, 2.24) is 0 Å². The van der Waals surface area contributed by atoms with Gasteiger partial charge in [-0.25, -0.2) is 0 Å². The number of hydrogen-bond donors (Lipinski definition) is 2. The number of phenols is 1. The van der Waals surface area contributed by atoms with Crippen LogP contribution in [0.2, 0.25) is 0 Å². The summed E-state index contributed by atoms with van der Waals surface area (Å²) >= 11 is 0. The minimum Gasteiger partial charge on any atom is -0.508 e. The van der Waals surface area contributed by atoms with Crippen LogP contribution in [0.15, 0.2) is 42.5 Å². The van der Waals surface area contributed by atoms with Crippen LogP contribution in [-0.4, -0.2) is 25.2 Å². The minimum atomic E-state index is -0.207. The van der Waals surface area contributed by atoms with Crippen LogP contribution < -0.4 is 15.4 Å². The maximum absolute atomic E-state index is 12.4. The number of methoxy groups -OCH3 is 1. The molecule has 0 aromatic heterocycles. The quantitative estimate of drug-likeness (QED) is 0.840. The molecule has 0 saturated carbocycles. The lowest BCUT2D eigenvalue weighted by Gasteiger charge is -2.18. The van der Waals surface area contributed by atoms with Gasteiger partial charge < -0.3 is 20.5 Å². The van der Waals surface area contributed by atoms with Crippen LogP contribution in [-0.2, 0) is 0 Å². The summed E-state index contributed by atoms with van der Waals surface area (Å²) in [6.45, 7) is 0. The molecule has 0 aliphatic heterocycles. The molecule has 5 heteroatoms. The van der Waals surface area contributed by atoms with E-state index in [0.29, 0.717) is 22.7 Å². The molecule has 0 saturated heterocycles. The molecule has 3 N–H and O–H groups in total. The first-order valence-corrected chi connectivity index (χ1v) is 6.03. The predicted octanol–water partition coefficient (Wildman–Crippen LogP) is 2.26. The minimum absolute atomic E-state index is 0.153. The molecular weight excluding hydrogens is 256 g/mol. The Morgan fingerprint density at radius 2 is 1.85 bits per heavy atom. The van der Waals surface area contributed by atoms with Crippen LogP contribution in [0.3, 0.4) is 0 Å². The Hall–Kier alpha value is -2.69. The molecule has 0 unspecified atom stereocenters. The number of nitrogen functional groups attached to an aromatic ring is 1. The highest BCUT2D eigenvalue weighted by molar-refractivity contribution is 6.06. The number of nitrogens with two attached hydrogens (primary N) is 1. The van der Waals surface area contributed by atoms with Gasteiger partial charge >= 0.3 is 0 Å². The Morgan fingerprint density at radius 1 is 1.20 bits per heavy atom. The molecule has 0 fully saturated rings. The summed E-state index contributed by atoms with van der Waals surface area (Å²) < 4.78 is 5.10. The van der Waals surface area contributed by atoms with Gasteiger partial charge in [0.15, 0.2) is 0 Å². The van der Waals surface area contributed by atoms with Gasteiger partial charge in [0.1, 0.15) is 11.5 Å². The van der Waals surface area contributed by atoms with Crippen LogP contribution in [0.25, 0.3) is 0 Å². The number of benzene rings is 2. The molecule has 0 atom stereocenters. The average Bonchev–Trinajstić information content (AvgIpc) is 2.45. The van der Waals surface area contributed by atoms with Crippen molar-refractivity contribution in [1.29, 1.82) is 0 Å². The molecule has 2 aromatic rings. The maximum Gasteiger partial charge on any atom is 0.258 e. The van der Waals surface area contributed by atoms with E-state index >= 15 is 0 Å². The number of ether oxygens (including phenoxy) is 1. The monoisotopic (exact) mass is 272 g/mol. The van der Waals surface area contributed by atoms with Crippen molar-refractivity contribution in [2.45, 2.75) is 0 Å². The second-order valence-electron chi connectivity index (χ2n) is 4.38. The van der Waals surface area contributed by atoms with Crippen molar-refractivity contribution in [3.8, 4) is 11.5 Å². The first kappa shape index (κ1) is 13.7.